The zero-order chi connectivity index (χ0) is 18.0. The van der Waals surface area contributed by atoms with Gasteiger partial charge in [0.25, 0.3) is 0 Å². The molecule has 2 heterocycles. The average Bonchev–Trinajstić information content (AvgIpc) is 3.02. The molecule has 0 aromatic heterocycles. The van der Waals surface area contributed by atoms with Gasteiger partial charge in [0.05, 0.1) is 0 Å². The Labute approximate surface area is 169 Å². The number of amidine groups is 1. The van der Waals surface area contributed by atoms with E-state index < -0.39 is 0 Å². The van der Waals surface area contributed by atoms with Gasteiger partial charge >= 0.3 is 0 Å². The first-order valence-corrected chi connectivity index (χ1v) is 8.74. The van der Waals surface area contributed by atoms with Gasteiger partial charge in [0.1, 0.15) is 5.84 Å². The Morgan fingerprint density at radius 3 is 2.23 bits per heavy atom. The molecule has 3 nitrogen and oxygen atoms in total. The van der Waals surface area contributed by atoms with Crippen LogP contribution in [-0.2, 0) is 35.8 Å². The van der Waals surface area contributed by atoms with Gasteiger partial charge in [-0.25, -0.2) is 0 Å². The molecule has 0 fully saturated rings. The SMILES string of the molecule is CC(C)(C)c1c[c-]c2c(c1)-c1cc(C(C)(C)C)ccc1C1=NO[CH-]N12.[Ir]. The van der Waals surface area contributed by atoms with E-state index in [0.29, 0.717) is 0 Å². The summed E-state index contributed by atoms with van der Waals surface area (Å²) in [6, 6.07) is 14.5. The molecule has 0 spiro atoms. The topological polar surface area (TPSA) is 24.8 Å². The first-order chi connectivity index (χ1) is 11.7. The maximum absolute atomic E-state index is 5.27. The normalized spacial score (nSPS) is 15.3. The summed E-state index contributed by atoms with van der Waals surface area (Å²) in [5.41, 5.74) is 7.27. The number of rotatable bonds is 0. The molecule has 4 rings (SSSR count). The maximum atomic E-state index is 5.27. The molecule has 2 aliphatic heterocycles. The summed E-state index contributed by atoms with van der Waals surface area (Å²) in [5, 5.41) is 4.23. The minimum atomic E-state index is 0. The standard InChI is InChI=1S/C22H24N2O.Ir/c1-21(2,3)14-7-9-16-17(11-14)18-12-15(22(4,5)6)8-10-19(18)24-13-25-23-20(16)24;/h7-9,11-13H,1-6H3;/q-2;. The van der Waals surface area contributed by atoms with Crippen molar-refractivity contribution >= 4 is 11.5 Å². The van der Waals surface area contributed by atoms with Gasteiger partial charge in [0.15, 0.2) is 0 Å². The summed E-state index contributed by atoms with van der Waals surface area (Å²) in [5.74, 6) is 0.836. The predicted octanol–water partition coefficient (Wildman–Crippen LogP) is 5.38. The van der Waals surface area contributed by atoms with Gasteiger partial charge in [-0.2, -0.15) is 18.2 Å². The van der Waals surface area contributed by atoms with E-state index >= 15 is 0 Å². The number of nitrogens with zero attached hydrogens (tertiary/aromatic N) is 2. The fourth-order valence-corrected chi connectivity index (χ4v) is 3.31. The molecule has 2 aliphatic rings. The largest absolute Gasteiger partial charge is 0.544 e. The Morgan fingerprint density at radius 2 is 1.58 bits per heavy atom. The third kappa shape index (κ3) is 3.00. The molecule has 0 amide bonds. The molecule has 2 aromatic carbocycles. The van der Waals surface area contributed by atoms with Crippen molar-refractivity contribution in [2.75, 3.05) is 4.90 Å². The van der Waals surface area contributed by atoms with Crippen LogP contribution < -0.4 is 4.90 Å². The van der Waals surface area contributed by atoms with Crippen LogP contribution in [0.3, 0.4) is 0 Å². The van der Waals surface area contributed by atoms with Crippen molar-refractivity contribution in [2.45, 2.75) is 52.4 Å². The van der Waals surface area contributed by atoms with Crippen LogP contribution in [0.1, 0.15) is 58.2 Å². The fraction of sp³-hybridized carbons (Fsp3) is 0.364. The van der Waals surface area contributed by atoms with Gasteiger partial charge in [-0.05, 0) is 17.7 Å². The zero-order valence-electron chi connectivity index (χ0n) is 16.1. The van der Waals surface area contributed by atoms with Crippen LogP contribution in [0.15, 0.2) is 35.5 Å². The van der Waals surface area contributed by atoms with Crippen LogP contribution in [0, 0.1) is 12.8 Å². The second-order valence-electron chi connectivity index (χ2n) is 8.91. The van der Waals surface area contributed by atoms with Crippen molar-refractivity contribution in [1.29, 1.82) is 0 Å². The Balaban J connectivity index is 0.00000196. The molecule has 0 atom stereocenters. The summed E-state index contributed by atoms with van der Waals surface area (Å²) in [6.45, 7) is 15.1. The molecule has 0 saturated carbocycles. The van der Waals surface area contributed by atoms with Crippen molar-refractivity contribution in [1.82, 2.24) is 0 Å². The molecular formula is C22H24IrN2O-2. The van der Waals surface area contributed by atoms with Gasteiger partial charge in [-0.15, -0.1) is 16.3 Å². The first kappa shape index (κ1) is 19.1. The van der Waals surface area contributed by atoms with E-state index in [1.807, 2.05) is 4.90 Å². The summed E-state index contributed by atoms with van der Waals surface area (Å²) in [6.07, 6.45) is 0. The van der Waals surface area contributed by atoms with Crippen LogP contribution in [-0.4, -0.2) is 5.84 Å². The number of fused-ring (bicyclic) bond motifs is 6. The van der Waals surface area contributed by atoms with Crippen LogP contribution in [0.5, 0.6) is 0 Å². The third-order valence-electron chi connectivity index (χ3n) is 4.96. The van der Waals surface area contributed by atoms with Crippen molar-refractivity contribution < 1.29 is 24.9 Å². The molecule has 2 aromatic rings. The molecule has 0 saturated heterocycles. The molecule has 4 heteroatoms. The third-order valence-corrected chi connectivity index (χ3v) is 4.96. The molecular weight excluding hydrogens is 500 g/mol. The molecule has 0 unspecified atom stereocenters. The van der Waals surface area contributed by atoms with E-state index in [4.69, 9.17) is 4.84 Å². The van der Waals surface area contributed by atoms with Crippen LogP contribution in [0.25, 0.3) is 11.1 Å². The Kier molecular flexibility index (Phi) is 4.57. The van der Waals surface area contributed by atoms with Crippen molar-refractivity contribution in [2.24, 2.45) is 5.16 Å². The molecule has 0 N–H and O–H groups in total. The number of hydrogen-bond acceptors (Lipinski definition) is 3. The van der Waals surface area contributed by atoms with E-state index in [1.165, 1.54) is 22.3 Å². The number of anilines is 1. The minimum Gasteiger partial charge on any atom is -0.544 e. The van der Waals surface area contributed by atoms with E-state index in [9.17, 15) is 0 Å². The van der Waals surface area contributed by atoms with Crippen molar-refractivity contribution in [3.05, 3.63) is 59.8 Å². The van der Waals surface area contributed by atoms with Gasteiger partial charge in [-0.1, -0.05) is 76.4 Å². The first-order valence-electron chi connectivity index (χ1n) is 8.74. The monoisotopic (exact) mass is 525 g/mol. The average molecular weight is 525 g/mol. The van der Waals surface area contributed by atoms with Crippen LogP contribution in [0.4, 0.5) is 5.69 Å². The van der Waals surface area contributed by atoms with E-state index in [1.54, 1.807) is 6.73 Å². The Bertz CT molecular complexity index is 888. The number of oxime groups is 1. The zero-order valence-corrected chi connectivity index (χ0v) is 18.5. The molecule has 26 heavy (non-hydrogen) atoms. The van der Waals surface area contributed by atoms with E-state index in [0.717, 1.165) is 17.1 Å². The fourth-order valence-electron chi connectivity index (χ4n) is 3.31. The Morgan fingerprint density at radius 1 is 0.923 bits per heavy atom. The van der Waals surface area contributed by atoms with Crippen molar-refractivity contribution in [3.8, 4) is 11.1 Å². The van der Waals surface area contributed by atoms with Gasteiger partial charge in [-0.3, -0.25) is 0 Å². The minimum absolute atomic E-state index is 0. The van der Waals surface area contributed by atoms with Gasteiger partial charge < -0.3 is 9.74 Å². The van der Waals surface area contributed by atoms with E-state index in [2.05, 4.69) is 83.1 Å². The summed E-state index contributed by atoms with van der Waals surface area (Å²) < 4.78 is 0. The summed E-state index contributed by atoms with van der Waals surface area (Å²) in [7, 11) is 0. The predicted molar refractivity (Wildman–Crippen MR) is 103 cm³/mol. The molecule has 0 bridgehead atoms. The number of benzene rings is 2. The van der Waals surface area contributed by atoms with Crippen LogP contribution in [0.2, 0.25) is 0 Å². The summed E-state index contributed by atoms with van der Waals surface area (Å²) >= 11 is 0. The quantitative estimate of drug-likeness (QED) is 0.433. The van der Waals surface area contributed by atoms with Gasteiger partial charge in [0, 0.05) is 25.7 Å². The smallest absolute Gasteiger partial charge is 0.148 e. The van der Waals surface area contributed by atoms with Crippen molar-refractivity contribution in [3.63, 3.8) is 0 Å². The Hall–Kier alpha value is -1.64. The number of hydrogen-bond donors (Lipinski definition) is 0. The van der Waals surface area contributed by atoms with E-state index in [-0.39, 0.29) is 30.9 Å². The second kappa shape index (κ2) is 6.21. The van der Waals surface area contributed by atoms with Gasteiger partial charge in [0.2, 0.25) is 0 Å². The molecule has 139 valence electrons. The second-order valence-corrected chi connectivity index (χ2v) is 8.91. The molecule has 0 aliphatic carbocycles. The molecule has 1 radical (unpaired) electrons. The summed E-state index contributed by atoms with van der Waals surface area (Å²) in [4.78, 5) is 7.26. The maximum Gasteiger partial charge on any atom is 0.148 e. The van der Waals surface area contributed by atoms with Crippen LogP contribution >= 0.6 is 0 Å².